The van der Waals surface area contributed by atoms with Crippen LogP contribution < -0.4 is 10.9 Å². The van der Waals surface area contributed by atoms with E-state index in [1.807, 2.05) is 0 Å². The summed E-state index contributed by atoms with van der Waals surface area (Å²) < 4.78 is 23.0. The van der Waals surface area contributed by atoms with Gasteiger partial charge in [-0.25, -0.2) is 14.0 Å². The van der Waals surface area contributed by atoms with Crippen molar-refractivity contribution in [2.75, 3.05) is 12.4 Å². The molecule has 126 valence electrons. The molecule has 0 fully saturated rings. The van der Waals surface area contributed by atoms with Gasteiger partial charge in [0.05, 0.1) is 23.7 Å². The molecule has 1 aromatic heterocycles. The number of carbonyl (C=O) groups excluding carboxylic acids is 2. The minimum atomic E-state index is -0.760. The van der Waals surface area contributed by atoms with Crippen molar-refractivity contribution in [2.24, 2.45) is 0 Å². The van der Waals surface area contributed by atoms with E-state index in [-0.39, 0.29) is 27.8 Å². The molecule has 1 amide bonds. The molecular weight excluding hydrogens is 329 g/mol. The fourth-order valence-corrected chi connectivity index (χ4v) is 2.34. The number of rotatable bonds is 3. The second-order valence-corrected chi connectivity index (χ2v) is 5.12. The second-order valence-electron chi connectivity index (χ2n) is 5.12. The maximum atomic E-state index is 13.3. The fourth-order valence-electron chi connectivity index (χ4n) is 2.34. The van der Waals surface area contributed by atoms with E-state index in [0.717, 1.165) is 12.1 Å². The molecule has 6 nitrogen and oxygen atoms in total. The summed E-state index contributed by atoms with van der Waals surface area (Å²) in [4.78, 5) is 36.0. The van der Waals surface area contributed by atoms with Crippen LogP contribution in [0.4, 0.5) is 10.1 Å². The van der Waals surface area contributed by atoms with Gasteiger partial charge in [0, 0.05) is 0 Å². The molecule has 0 aliphatic rings. The van der Waals surface area contributed by atoms with Crippen LogP contribution in [0.15, 0.2) is 57.7 Å². The van der Waals surface area contributed by atoms with Crippen molar-refractivity contribution in [2.45, 2.75) is 0 Å². The third-order valence-electron chi connectivity index (χ3n) is 3.53. The van der Waals surface area contributed by atoms with E-state index in [4.69, 9.17) is 4.42 Å². The number of benzene rings is 2. The summed E-state index contributed by atoms with van der Waals surface area (Å²) in [5.41, 5.74) is -0.419. The maximum Gasteiger partial charge on any atom is 0.344 e. The number of fused-ring (bicyclic) bond motifs is 1. The summed E-state index contributed by atoms with van der Waals surface area (Å²) in [5, 5.41) is 2.88. The molecule has 3 rings (SSSR count). The molecule has 0 atom stereocenters. The smallest absolute Gasteiger partial charge is 0.344 e. The van der Waals surface area contributed by atoms with E-state index in [1.165, 1.54) is 31.4 Å². The molecule has 1 N–H and O–H groups in total. The fraction of sp³-hybridized carbons (Fsp3) is 0.0556. The lowest BCUT2D eigenvalue weighted by atomic mass is 10.1. The van der Waals surface area contributed by atoms with Crippen LogP contribution in [-0.4, -0.2) is 19.0 Å². The first-order valence-electron chi connectivity index (χ1n) is 7.21. The zero-order valence-electron chi connectivity index (χ0n) is 13.0. The van der Waals surface area contributed by atoms with E-state index in [9.17, 15) is 18.8 Å². The quantitative estimate of drug-likeness (QED) is 0.740. The number of methoxy groups -OCH3 is 1. The first kappa shape index (κ1) is 16.4. The molecule has 0 aliphatic heterocycles. The minimum Gasteiger partial charge on any atom is -0.465 e. The Morgan fingerprint density at radius 3 is 2.64 bits per heavy atom. The predicted octanol–water partition coefficient (Wildman–Crippen LogP) is 2.97. The van der Waals surface area contributed by atoms with E-state index in [2.05, 4.69) is 10.1 Å². The molecule has 3 aromatic rings. The van der Waals surface area contributed by atoms with Gasteiger partial charge in [-0.2, -0.15) is 0 Å². The zero-order chi connectivity index (χ0) is 18.0. The summed E-state index contributed by atoms with van der Waals surface area (Å²) >= 11 is 0. The van der Waals surface area contributed by atoms with Crippen LogP contribution in [0.25, 0.3) is 10.8 Å². The highest BCUT2D eigenvalue weighted by molar-refractivity contribution is 6.07. The number of ether oxygens (including phenoxy) is 1. The van der Waals surface area contributed by atoms with Crippen LogP contribution in [0.3, 0.4) is 0 Å². The van der Waals surface area contributed by atoms with Crippen LogP contribution in [0.2, 0.25) is 0 Å². The third-order valence-corrected chi connectivity index (χ3v) is 3.53. The number of nitrogens with one attached hydrogen (secondary N) is 1. The van der Waals surface area contributed by atoms with Crippen LogP contribution in [0.5, 0.6) is 0 Å². The largest absolute Gasteiger partial charge is 0.465 e. The zero-order valence-corrected chi connectivity index (χ0v) is 13.0. The number of halogens is 1. The standard InChI is InChI=1S/C18H12FNO5/c1-24-17(22)13-4-2-3-5-14(13)20-16(21)15-9-10-8-11(19)6-7-12(10)18(23)25-15/h2-9H,1H3,(H,20,21). The molecule has 0 saturated carbocycles. The number of carbonyl (C=O) groups is 2. The Kier molecular flexibility index (Phi) is 4.30. The number of hydrogen-bond acceptors (Lipinski definition) is 5. The molecular formula is C18H12FNO5. The third kappa shape index (κ3) is 3.25. The summed E-state index contributed by atoms with van der Waals surface area (Å²) in [6.45, 7) is 0. The first-order chi connectivity index (χ1) is 12.0. The topological polar surface area (TPSA) is 85.6 Å². The van der Waals surface area contributed by atoms with Gasteiger partial charge >= 0.3 is 11.6 Å². The summed E-state index contributed by atoms with van der Waals surface area (Å²) in [7, 11) is 1.22. The highest BCUT2D eigenvalue weighted by Crippen LogP contribution is 2.19. The van der Waals surface area contributed by atoms with Crippen LogP contribution in [0, 0.1) is 5.82 Å². The number of anilines is 1. The summed E-state index contributed by atoms with van der Waals surface area (Å²) in [5.74, 6) is -2.22. The van der Waals surface area contributed by atoms with Crippen molar-refractivity contribution in [3.8, 4) is 0 Å². The Morgan fingerprint density at radius 1 is 1.12 bits per heavy atom. The van der Waals surface area contributed by atoms with Gasteiger partial charge in [0.25, 0.3) is 5.91 Å². The normalized spacial score (nSPS) is 10.5. The van der Waals surface area contributed by atoms with Gasteiger partial charge in [0.2, 0.25) is 0 Å². The molecule has 1 heterocycles. The van der Waals surface area contributed by atoms with Gasteiger partial charge in [-0.15, -0.1) is 0 Å². The molecule has 7 heteroatoms. The Labute approximate surface area is 140 Å². The van der Waals surface area contributed by atoms with E-state index in [1.54, 1.807) is 12.1 Å². The molecule has 0 radical (unpaired) electrons. The van der Waals surface area contributed by atoms with Crippen molar-refractivity contribution in [1.29, 1.82) is 0 Å². The van der Waals surface area contributed by atoms with Gasteiger partial charge in [-0.3, -0.25) is 4.79 Å². The van der Waals surface area contributed by atoms with Crippen LogP contribution in [0.1, 0.15) is 20.9 Å². The first-order valence-corrected chi connectivity index (χ1v) is 7.21. The molecule has 0 unspecified atom stereocenters. The SMILES string of the molecule is COC(=O)c1ccccc1NC(=O)c1cc2cc(F)ccc2c(=O)o1. The summed E-state index contributed by atoms with van der Waals surface area (Å²) in [6.07, 6.45) is 0. The van der Waals surface area contributed by atoms with Crippen molar-refractivity contribution in [3.63, 3.8) is 0 Å². The molecule has 2 aromatic carbocycles. The highest BCUT2D eigenvalue weighted by atomic mass is 19.1. The van der Waals surface area contributed by atoms with Gasteiger partial charge in [-0.1, -0.05) is 12.1 Å². The molecule has 0 spiro atoms. The monoisotopic (exact) mass is 341 g/mol. The van der Waals surface area contributed by atoms with Crippen molar-refractivity contribution in [1.82, 2.24) is 0 Å². The summed E-state index contributed by atoms with van der Waals surface area (Å²) in [6, 6.07) is 11.0. The van der Waals surface area contributed by atoms with Crippen LogP contribution in [-0.2, 0) is 4.74 Å². The second kappa shape index (κ2) is 6.56. The highest BCUT2D eigenvalue weighted by Gasteiger charge is 2.17. The molecule has 0 bridgehead atoms. The van der Waals surface area contributed by atoms with Gasteiger partial charge in [0.15, 0.2) is 5.76 Å². The minimum absolute atomic E-state index is 0.146. The number of hydrogen-bond donors (Lipinski definition) is 1. The van der Waals surface area contributed by atoms with Gasteiger partial charge in [-0.05, 0) is 41.8 Å². The maximum absolute atomic E-state index is 13.3. The Morgan fingerprint density at radius 2 is 1.88 bits per heavy atom. The number of para-hydroxylation sites is 1. The Bertz CT molecular complexity index is 1040. The average molecular weight is 341 g/mol. The van der Waals surface area contributed by atoms with Crippen molar-refractivity contribution in [3.05, 3.63) is 76.1 Å². The van der Waals surface area contributed by atoms with E-state index < -0.39 is 23.3 Å². The average Bonchev–Trinajstić information content (AvgIpc) is 2.61. The van der Waals surface area contributed by atoms with Crippen molar-refractivity contribution < 1.29 is 23.1 Å². The van der Waals surface area contributed by atoms with Crippen molar-refractivity contribution >= 4 is 28.3 Å². The van der Waals surface area contributed by atoms with E-state index >= 15 is 0 Å². The Balaban J connectivity index is 1.99. The lowest BCUT2D eigenvalue weighted by molar-refractivity contribution is 0.0602. The Hall–Kier alpha value is -3.48. The number of esters is 1. The van der Waals surface area contributed by atoms with Gasteiger partial charge < -0.3 is 14.5 Å². The molecule has 25 heavy (non-hydrogen) atoms. The van der Waals surface area contributed by atoms with E-state index in [0.29, 0.717) is 0 Å². The van der Waals surface area contributed by atoms with Crippen LogP contribution >= 0.6 is 0 Å². The lowest BCUT2D eigenvalue weighted by Crippen LogP contribution is -2.17. The number of amides is 1. The predicted molar refractivity (Wildman–Crippen MR) is 88.2 cm³/mol. The molecule has 0 aliphatic carbocycles. The lowest BCUT2D eigenvalue weighted by Gasteiger charge is -2.09. The van der Waals surface area contributed by atoms with Gasteiger partial charge in [0.1, 0.15) is 5.82 Å². The molecule has 0 saturated heterocycles.